The molecule has 34 heavy (non-hydrogen) atoms. The fourth-order valence-electron chi connectivity index (χ4n) is 4.05. The second kappa shape index (κ2) is 9.10. The lowest BCUT2D eigenvalue weighted by atomic mass is 10.2. The average Bonchev–Trinajstić information content (AvgIpc) is 3.01. The molecule has 1 aromatic carbocycles. The highest BCUT2D eigenvalue weighted by atomic mass is 16.9. The number of carbonyl (C=O) groups is 2. The predicted molar refractivity (Wildman–Crippen MR) is 122 cm³/mol. The maximum absolute atomic E-state index is 12.3. The van der Waals surface area contributed by atoms with Gasteiger partial charge in [-0.15, -0.1) is 0 Å². The molecule has 3 aliphatic rings. The Labute approximate surface area is 196 Å². The van der Waals surface area contributed by atoms with Crippen LogP contribution >= 0.6 is 0 Å². The molecule has 5 rings (SSSR count). The van der Waals surface area contributed by atoms with E-state index in [4.69, 9.17) is 19.2 Å². The minimum absolute atomic E-state index is 0.0947. The minimum Gasteiger partial charge on any atom is -0.412 e. The van der Waals surface area contributed by atoms with E-state index in [0.29, 0.717) is 23.8 Å². The molecule has 1 saturated heterocycles. The van der Waals surface area contributed by atoms with Gasteiger partial charge in [-0.1, -0.05) is 19.1 Å². The van der Waals surface area contributed by atoms with Crippen LogP contribution in [0.4, 0.5) is 11.6 Å². The van der Waals surface area contributed by atoms with E-state index < -0.39 is 17.9 Å². The Hall–Kier alpha value is -3.99. The molecule has 176 valence electrons. The van der Waals surface area contributed by atoms with Crippen molar-refractivity contribution in [3.63, 3.8) is 0 Å². The number of amidine groups is 1. The smallest absolute Gasteiger partial charge is 0.412 e. The van der Waals surface area contributed by atoms with Gasteiger partial charge in [0.15, 0.2) is 5.75 Å². The summed E-state index contributed by atoms with van der Waals surface area (Å²) in [5, 5.41) is 3.15. The van der Waals surface area contributed by atoms with Crippen LogP contribution in [0.2, 0.25) is 0 Å². The highest BCUT2D eigenvalue weighted by Crippen LogP contribution is 2.36. The number of carbonyl (C=O) groups excluding carboxylic acids is 2. The van der Waals surface area contributed by atoms with Crippen molar-refractivity contribution in [3.05, 3.63) is 54.9 Å². The molecule has 0 bridgehead atoms. The summed E-state index contributed by atoms with van der Waals surface area (Å²) >= 11 is 0. The summed E-state index contributed by atoms with van der Waals surface area (Å²) < 4.78 is 16.9. The maximum Gasteiger partial charge on any atom is 0.486 e. The van der Waals surface area contributed by atoms with Crippen molar-refractivity contribution in [2.75, 3.05) is 36.4 Å². The molecule has 1 unspecified atom stereocenters. The first-order chi connectivity index (χ1) is 16.6. The first-order valence-electron chi connectivity index (χ1n) is 11.1. The van der Waals surface area contributed by atoms with E-state index in [2.05, 4.69) is 25.1 Å². The number of hydrogen-bond acceptors (Lipinski definition) is 10. The van der Waals surface area contributed by atoms with Gasteiger partial charge in [-0.2, -0.15) is 0 Å². The number of anilines is 2. The van der Waals surface area contributed by atoms with Crippen LogP contribution < -0.4 is 15.0 Å². The van der Waals surface area contributed by atoms with Crippen molar-refractivity contribution < 1.29 is 23.8 Å². The topological polar surface area (TPSA) is 118 Å². The number of aromatic nitrogens is 2. The number of fused-ring (bicyclic) bond motifs is 1. The number of nitrogens with zero attached hydrogens (tertiary/aromatic N) is 5. The molecule has 1 N–H and O–H groups in total. The summed E-state index contributed by atoms with van der Waals surface area (Å²) in [4.78, 5) is 42.3. The zero-order valence-corrected chi connectivity index (χ0v) is 18.6. The van der Waals surface area contributed by atoms with Crippen molar-refractivity contribution in [1.82, 2.24) is 14.9 Å². The van der Waals surface area contributed by atoms with Crippen LogP contribution in [0.25, 0.3) is 0 Å². The van der Waals surface area contributed by atoms with E-state index in [1.807, 2.05) is 13.0 Å². The van der Waals surface area contributed by atoms with Gasteiger partial charge in [-0.3, -0.25) is 4.90 Å². The molecular formula is C23H24N6O5. The maximum atomic E-state index is 12.3. The summed E-state index contributed by atoms with van der Waals surface area (Å²) in [6, 6.07) is 8.87. The highest BCUT2D eigenvalue weighted by Gasteiger charge is 2.52. The molecule has 0 saturated carbocycles. The van der Waals surface area contributed by atoms with Crippen LogP contribution in [0.1, 0.15) is 13.3 Å². The number of piperazine rings is 1. The summed E-state index contributed by atoms with van der Waals surface area (Å²) in [5.74, 6) is -2.53. The van der Waals surface area contributed by atoms with E-state index in [0.717, 1.165) is 38.3 Å². The SMILES string of the molecule is CCC(/N=C1\Nc2ccccc2OC12OC(=O)C=CC(=O)O2)N1CCN(c2ncccn2)CC1. The van der Waals surface area contributed by atoms with Crippen LogP contribution in [-0.4, -0.2) is 71.0 Å². The first kappa shape index (κ1) is 21.8. The Balaban J connectivity index is 1.42. The van der Waals surface area contributed by atoms with Crippen molar-refractivity contribution in [1.29, 1.82) is 0 Å². The van der Waals surface area contributed by atoms with Crippen LogP contribution in [-0.2, 0) is 19.1 Å². The Bertz CT molecular complexity index is 1110. The summed E-state index contributed by atoms with van der Waals surface area (Å²) in [7, 11) is 0. The lowest BCUT2D eigenvalue weighted by molar-refractivity contribution is -0.264. The lowest BCUT2D eigenvalue weighted by Gasteiger charge is -2.39. The quantitative estimate of drug-likeness (QED) is 0.668. The third-order valence-corrected chi connectivity index (χ3v) is 5.71. The lowest BCUT2D eigenvalue weighted by Crippen LogP contribution is -2.57. The molecule has 1 spiro atoms. The van der Waals surface area contributed by atoms with E-state index in [1.54, 1.807) is 36.7 Å². The van der Waals surface area contributed by atoms with Gasteiger partial charge >= 0.3 is 17.9 Å². The monoisotopic (exact) mass is 464 g/mol. The molecule has 0 amide bonds. The number of para-hydroxylation sites is 2. The standard InChI is InChI=1S/C23H24N6O5/c1-2-18(28-12-14-29(15-13-28)22-24-10-5-11-25-22)27-21-23(33-19(30)8-9-20(31)34-23)32-17-7-4-3-6-16(17)26-21/h3-11,18H,2,12-15H2,1H3,(H,26,27). The minimum atomic E-state index is -2.14. The Morgan fingerprint density at radius 2 is 1.68 bits per heavy atom. The van der Waals surface area contributed by atoms with Gasteiger partial charge in [0, 0.05) is 50.7 Å². The van der Waals surface area contributed by atoms with Gasteiger partial charge in [-0.05, 0) is 24.6 Å². The summed E-state index contributed by atoms with van der Waals surface area (Å²) in [6.45, 7) is 4.92. The normalized spacial score (nSPS) is 21.7. The third kappa shape index (κ3) is 4.29. The van der Waals surface area contributed by atoms with Crippen molar-refractivity contribution in [2.45, 2.75) is 25.5 Å². The molecule has 11 heteroatoms. The van der Waals surface area contributed by atoms with Gasteiger partial charge in [-0.25, -0.2) is 24.5 Å². The van der Waals surface area contributed by atoms with Crippen molar-refractivity contribution in [3.8, 4) is 5.75 Å². The number of aliphatic imine (C=N–C) groups is 1. The zero-order valence-electron chi connectivity index (χ0n) is 18.6. The fraction of sp³-hybridized carbons (Fsp3) is 0.348. The van der Waals surface area contributed by atoms with E-state index in [-0.39, 0.29) is 12.0 Å². The highest BCUT2D eigenvalue weighted by molar-refractivity contribution is 6.06. The number of hydrogen-bond donors (Lipinski definition) is 1. The molecule has 1 atom stereocenters. The van der Waals surface area contributed by atoms with Gasteiger partial charge in [0.2, 0.25) is 11.8 Å². The summed E-state index contributed by atoms with van der Waals surface area (Å²) in [6.07, 6.45) is 5.85. The number of esters is 2. The van der Waals surface area contributed by atoms with Crippen LogP contribution in [0.15, 0.2) is 59.9 Å². The van der Waals surface area contributed by atoms with Crippen LogP contribution in [0, 0.1) is 0 Å². The zero-order chi connectivity index (χ0) is 23.5. The van der Waals surface area contributed by atoms with Gasteiger partial charge < -0.3 is 24.4 Å². The molecule has 0 aliphatic carbocycles. The van der Waals surface area contributed by atoms with E-state index in [9.17, 15) is 9.59 Å². The average molecular weight is 464 g/mol. The molecule has 0 radical (unpaired) electrons. The molecular weight excluding hydrogens is 440 g/mol. The van der Waals surface area contributed by atoms with E-state index in [1.165, 1.54) is 0 Å². The molecule has 2 aromatic rings. The predicted octanol–water partition coefficient (Wildman–Crippen LogP) is 1.55. The summed E-state index contributed by atoms with van der Waals surface area (Å²) in [5.41, 5.74) is 0.622. The number of benzene rings is 1. The Morgan fingerprint density at radius 1 is 1.00 bits per heavy atom. The molecule has 4 heterocycles. The second-order valence-electron chi connectivity index (χ2n) is 7.89. The molecule has 1 aromatic heterocycles. The molecule has 11 nitrogen and oxygen atoms in total. The first-order valence-corrected chi connectivity index (χ1v) is 11.1. The molecule has 1 fully saturated rings. The van der Waals surface area contributed by atoms with Gasteiger partial charge in [0.05, 0.1) is 5.69 Å². The Kier molecular flexibility index (Phi) is 5.84. The fourth-order valence-corrected chi connectivity index (χ4v) is 4.05. The van der Waals surface area contributed by atoms with Gasteiger partial charge in [0.25, 0.3) is 0 Å². The van der Waals surface area contributed by atoms with Crippen LogP contribution in [0.5, 0.6) is 5.75 Å². The van der Waals surface area contributed by atoms with E-state index >= 15 is 0 Å². The largest absolute Gasteiger partial charge is 0.486 e. The number of rotatable bonds is 4. The third-order valence-electron chi connectivity index (χ3n) is 5.71. The van der Waals surface area contributed by atoms with Crippen LogP contribution in [0.3, 0.4) is 0 Å². The Morgan fingerprint density at radius 3 is 2.35 bits per heavy atom. The van der Waals surface area contributed by atoms with Crippen molar-refractivity contribution >= 4 is 29.4 Å². The second-order valence-corrected chi connectivity index (χ2v) is 7.89. The number of ether oxygens (including phenoxy) is 3. The van der Waals surface area contributed by atoms with Gasteiger partial charge in [0.1, 0.15) is 6.17 Å². The van der Waals surface area contributed by atoms with Crippen molar-refractivity contribution in [2.24, 2.45) is 4.99 Å². The number of nitrogens with one attached hydrogen (secondary N) is 1. The molecule has 3 aliphatic heterocycles.